The molecule has 8 heteroatoms. The zero-order chi connectivity index (χ0) is 21.0. The summed E-state index contributed by atoms with van der Waals surface area (Å²) in [5.41, 5.74) is 1.19. The molecule has 1 fully saturated rings. The molecule has 0 aliphatic carbocycles. The second-order valence-electron chi connectivity index (χ2n) is 7.24. The van der Waals surface area contributed by atoms with Gasteiger partial charge in [-0.1, -0.05) is 36.4 Å². The summed E-state index contributed by atoms with van der Waals surface area (Å²) in [4.78, 5) is 17.9. The van der Waals surface area contributed by atoms with Crippen molar-refractivity contribution in [3.05, 3.63) is 58.3 Å². The molecule has 30 heavy (non-hydrogen) atoms. The van der Waals surface area contributed by atoms with Gasteiger partial charge in [-0.2, -0.15) is 0 Å². The van der Waals surface area contributed by atoms with Gasteiger partial charge in [-0.3, -0.25) is 9.69 Å². The first-order valence-corrected chi connectivity index (χ1v) is 11.7. The van der Waals surface area contributed by atoms with Crippen molar-refractivity contribution in [2.45, 2.75) is 19.5 Å². The van der Waals surface area contributed by atoms with Crippen molar-refractivity contribution < 1.29 is 9.53 Å². The average Bonchev–Trinajstić information content (AvgIpc) is 3.29. The molecule has 2 aromatic rings. The van der Waals surface area contributed by atoms with E-state index in [9.17, 15) is 4.79 Å². The van der Waals surface area contributed by atoms with Crippen molar-refractivity contribution in [1.82, 2.24) is 20.4 Å². The van der Waals surface area contributed by atoms with Crippen LogP contribution in [0.1, 0.15) is 16.9 Å². The average molecular weight is 447 g/mol. The predicted molar refractivity (Wildman–Crippen MR) is 125 cm³/mol. The number of thiophene rings is 1. The first kappa shape index (κ1) is 22.7. The molecule has 162 valence electrons. The standard InChI is InChI=1S/C22H30N4O2S2/c27-21(23-9-5-10-25-11-13-28-14-12-25)16-24-22(29)26(18-20-8-4-15-30-20)17-19-6-2-1-3-7-19/h1-4,6-8,15H,5,9-14,16-18H2,(H,23,27)(H,24,29). The van der Waals surface area contributed by atoms with Crippen LogP contribution in [0, 0.1) is 0 Å². The highest BCUT2D eigenvalue weighted by molar-refractivity contribution is 7.80. The molecule has 0 radical (unpaired) electrons. The summed E-state index contributed by atoms with van der Waals surface area (Å²) in [7, 11) is 0. The van der Waals surface area contributed by atoms with Gasteiger partial charge in [0.05, 0.1) is 26.3 Å². The fraction of sp³-hybridized carbons (Fsp3) is 0.455. The number of thiocarbonyl (C=S) groups is 1. The smallest absolute Gasteiger partial charge is 0.239 e. The molecule has 1 aromatic carbocycles. The zero-order valence-electron chi connectivity index (χ0n) is 17.2. The maximum atomic E-state index is 12.2. The molecule has 1 aliphatic rings. The Hall–Kier alpha value is -2.00. The Morgan fingerprint density at radius 1 is 1.10 bits per heavy atom. The third-order valence-electron chi connectivity index (χ3n) is 4.91. The van der Waals surface area contributed by atoms with Crippen LogP contribution in [-0.2, 0) is 22.6 Å². The van der Waals surface area contributed by atoms with E-state index in [1.165, 1.54) is 10.4 Å². The molecule has 2 N–H and O–H groups in total. The van der Waals surface area contributed by atoms with Crippen LogP contribution in [0.2, 0.25) is 0 Å². The molecule has 1 saturated heterocycles. The quantitative estimate of drug-likeness (QED) is 0.432. The second-order valence-corrected chi connectivity index (χ2v) is 8.66. The van der Waals surface area contributed by atoms with Gasteiger partial charge in [0.15, 0.2) is 5.11 Å². The Balaban J connectivity index is 1.40. The molecule has 0 atom stereocenters. The van der Waals surface area contributed by atoms with Gasteiger partial charge in [0, 0.05) is 31.1 Å². The summed E-state index contributed by atoms with van der Waals surface area (Å²) in [6.07, 6.45) is 0.939. The highest BCUT2D eigenvalue weighted by Gasteiger charge is 2.13. The number of nitrogens with zero attached hydrogens (tertiary/aromatic N) is 2. The summed E-state index contributed by atoms with van der Waals surface area (Å²) in [6, 6.07) is 14.4. The first-order valence-electron chi connectivity index (χ1n) is 10.4. The molecule has 6 nitrogen and oxygen atoms in total. The van der Waals surface area contributed by atoms with E-state index in [0.29, 0.717) is 18.2 Å². The topological polar surface area (TPSA) is 56.8 Å². The molecule has 0 spiro atoms. The van der Waals surface area contributed by atoms with Crippen LogP contribution >= 0.6 is 23.6 Å². The van der Waals surface area contributed by atoms with Gasteiger partial charge in [-0.25, -0.2) is 0 Å². The lowest BCUT2D eigenvalue weighted by Crippen LogP contribution is -2.44. The van der Waals surface area contributed by atoms with Gasteiger partial charge < -0.3 is 20.3 Å². The number of nitrogens with one attached hydrogen (secondary N) is 2. The number of rotatable bonds is 10. The van der Waals surface area contributed by atoms with Crippen LogP contribution in [0.5, 0.6) is 0 Å². The maximum absolute atomic E-state index is 12.2. The number of benzene rings is 1. The SMILES string of the molecule is O=C(CNC(=S)N(Cc1ccccc1)Cc1cccs1)NCCCN1CCOCC1. The molecule has 2 heterocycles. The van der Waals surface area contributed by atoms with Gasteiger partial charge >= 0.3 is 0 Å². The Morgan fingerprint density at radius 2 is 1.90 bits per heavy atom. The molecule has 0 bridgehead atoms. The van der Waals surface area contributed by atoms with Gasteiger partial charge in [-0.05, 0) is 42.2 Å². The van der Waals surface area contributed by atoms with Gasteiger partial charge in [0.1, 0.15) is 0 Å². The van der Waals surface area contributed by atoms with Crippen LogP contribution in [0.15, 0.2) is 47.8 Å². The van der Waals surface area contributed by atoms with E-state index in [4.69, 9.17) is 17.0 Å². The maximum Gasteiger partial charge on any atom is 0.239 e. The van der Waals surface area contributed by atoms with Crippen molar-refractivity contribution in [2.75, 3.05) is 45.9 Å². The monoisotopic (exact) mass is 446 g/mol. The number of hydrogen-bond acceptors (Lipinski definition) is 5. The van der Waals surface area contributed by atoms with Crippen LogP contribution in [0.4, 0.5) is 0 Å². The number of carbonyl (C=O) groups excluding carboxylic acids is 1. The van der Waals surface area contributed by atoms with E-state index in [-0.39, 0.29) is 12.5 Å². The van der Waals surface area contributed by atoms with E-state index < -0.39 is 0 Å². The number of ether oxygens (including phenoxy) is 1. The molecule has 1 aliphatic heterocycles. The number of morpholine rings is 1. The Labute approximate surface area is 188 Å². The van der Waals surface area contributed by atoms with Gasteiger partial charge in [0.2, 0.25) is 5.91 Å². The van der Waals surface area contributed by atoms with E-state index in [2.05, 4.69) is 44.0 Å². The van der Waals surface area contributed by atoms with Gasteiger partial charge in [-0.15, -0.1) is 11.3 Å². The van der Waals surface area contributed by atoms with E-state index in [0.717, 1.165) is 45.8 Å². The van der Waals surface area contributed by atoms with Crippen LogP contribution in [-0.4, -0.2) is 66.8 Å². The third kappa shape index (κ3) is 8.02. The Kier molecular flexibility index (Phi) is 9.56. The lowest BCUT2D eigenvalue weighted by Gasteiger charge is -2.26. The predicted octanol–water partition coefficient (Wildman–Crippen LogP) is 2.46. The van der Waals surface area contributed by atoms with Crippen LogP contribution in [0.3, 0.4) is 0 Å². The minimum Gasteiger partial charge on any atom is -0.379 e. The molecular weight excluding hydrogens is 416 g/mol. The summed E-state index contributed by atoms with van der Waals surface area (Å²) >= 11 is 7.32. The molecule has 0 unspecified atom stereocenters. The first-order chi connectivity index (χ1) is 14.7. The molecule has 1 aromatic heterocycles. The van der Waals surface area contributed by atoms with Crippen LogP contribution in [0.25, 0.3) is 0 Å². The normalized spacial score (nSPS) is 14.3. The van der Waals surface area contributed by atoms with Crippen molar-refractivity contribution in [3.63, 3.8) is 0 Å². The van der Waals surface area contributed by atoms with Crippen molar-refractivity contribution in [1.29, 1.82) is 0 Å². The fourth-order valence-electron chi connectivity index (χ4n) is 3.28. The second kappa shape index (κ2) is 12.6. The van der Waals surface area contributed by atoms with Crippen molar-refractivity contribution in [3.8, 4) is 0 Å². The zero-order valence-corrected chi connectivity index (χ0v) is 18.9. The summed E-state index contributed by atoms with van der Waals surface area (Å²) < 4.78 is 5.35. The Morgan fingerprint density at radius 3 is 2.63 bits per heavy atom. The highest BCUT2D eigenvalue weighted by Crippen LogP contribution is 2.14. The third-order valence-corrected chi connectivity index (χ3v) is 6.17. The Bertz CT molecular complexity index is 765. The molecular formula is C22H30N4O2S2. The highest BCUT2D eigenvalue weighted by atomic mass is 32.1. The fourth-order valence-corrected chi connectivity index (χ4v) is 4.20. The van der Waals surface area contributed by atoms with Crippen molar-refractivity contribution in [2.24, 2.45) is 0 Å². The summed E-state index contributed by atoms with van der Waals surface area (Å²) in [5, 5.41) is 8.76. The molecule has 3 rings (SSSR count). The minimum absolute atomic E-state index is 0.0323. The molecule has 1 amide bonds. The summed E-state index contributed by atoms with van der Waals surface area (Å²) in [6.45, 7) is 6.83. The lowest BCUT2D eigenvalue weighted by atomic mass is 10.2. The number of carbonyl (C=O) groups is 1. The van der Waals surface area contributed by atoms with E-state index in [1.807, 2.05) is 24.3 Å². The van der Waals surface area contributed by atoms with Crippen molar-refractivity contribution >= 4 is 34.6 Å². The van der Waals surface area contributed by atoms with E-state index in [1.54, 1.807) is 11.3 Å². The van der Waals surface area contributed by atoms with Crippen LogP contribution < -0.4 is 10.6 Å². The minimum atomic E-state index is -0.0323. The van der Waals surface area contributed by atoms with Gasteiger partial charge in [0.25, 0.3) is 0 Å². The number of hydrogen-bond donors (Lipinski definition) is 2. The van der Waals surface area contributed by atoms with E-state index >= 15 is 0 Å². The number of amides is 1. The largest absolute Gasteiger partial charge is 0.379 e. The lowest BCUT2D eigenvalue weighted by molar-refractivity contribution is -0.120. The summed E-state index contributed by atoms with van der Waals surface area (Å²) in [5.74, 6) is -0.0323. The molecule has 0 saturated carbocycles.